The highest BCUT2D eigenvalue weighted by Gasteiger charge is 2.25. The molecule has 0 spiro atoms. The van der Waals surface area contributed by atoms with Crippen molar-refractivity contribution in [2.45, 2.75) is 44.4 Å². The Kier molecular flexibility index (Phi) is 4.69. The van der Waals surface area contributed by atoms with Gasteiger partial charge in [-0.15, -0.1) is 0 Å². The molecule has 2 atom stereocenters. The molecule has 18 heavy (non-hydrogen) atoms. The molecule has 0 radical (unpaired) electrons. The first-order valence-corrected chi connectivity index (χ1v) is 7.67. The fraction of sp³-hybridized carbons (Fsp3) is 0.692. The van der Waals surface area contributed by atoms with Crippen LogP contribution in [0.4, 0.5) is 11.8 Å². The number of nitrogens with one attached hydrogen (secondary N) is 2. The molecule has 4 nitrogen and oxygen atoms in total. The lowest BCUT2D eigenvalue weighted by Gasteiger charge is -2.15. The van der Waals surface area contributed by atoms with E-state index in [1.54, 1.807) is 0 Å². The van der Waals surface area contributed by atoms with Crippen LogP contribution in [0.3, 0.4) is 0 Å². The summed E-state index contributed by atoms with van der Waals surface area (Å²) in [7, 11) is 1.85. The second-order valence-electron chi connectivity index (χ2n) is 4.71. The summed E-state index contributed by atoms with van der Waals surface area (Å²) in [5.41, 5.74) is 1.11. The third-order valence-corrected chi connectivity index (χ3v) is 4.56. The Hall–Kier alpha value is -0.970. The van der Waals surface area contributed by atoms with Crippen molar-refractivity contribution in [3.8, 4) is 0 Å². The van der Waals surface area contributed by atoms with Crippen molar-refractivity contribution in [3.63, 3.8) is 0 Å². The summed E-state index contributed by atoms with van der Waals surface area (Å²) in [4.78, 5) is 8.70. The lowest BCUT2D eigenvalue weighted by atomic mass is 10.2. The first-order chi connectivity index (χ1) is 8.72. The number of aryl methyl sites for hydroxylation is 1. The van der Waals surface area contributed by atoms with Crippen LogP contribution in [0.1, 0.15) is 31.7 Å². The van der Waals surface area contributed by atoms with Gasteiger partial charge in [0.1, 0.15) is 5.82 Å². The van der Waals surface area contributed by atoms with Crippen molar-refractivity contribution in [2.24, 2.45) is 0 Å². The van der Waals surface area contributed by atoms with Crippen molar-refractivity contribution in [1.82, 2.24) is 9.97 Å². The van der Waals surface area contributed by atoms with Crippen molar-refractivity contribution in [2.75, 3.05) is 23.4 Å². The van der Waals surface area contributed by atoms with E-state index in [1.165, 1.54) is 25.0 Å². The predicted octanol–water partition coefficient (Wildman–Crippen LogP) is 2.91. The maximum absolute atomic E-state index is 4.49. The molecule has 0 aromatic carbocycles. The summed E-state index contributed by atoms with van der Waals surface area (Å²) in [6, 6.07) is 0.562. The molecule has 0 amide bonds. The van der Waals surface area contributed by atoms with E-state index in [1.807, 2.05) is 13.2 Å². The highest BCUT2D eigenvalue weighted by molar-refractivity contribution is 7.99. The molecule has 1 saturated carbocycles. The first-order valence-electron chi connectivity index (χ1n) is 6.62. The fourth-order valence-corrected chi connectivity index (χ4v) is 3.50. The lowest BCUT2D eigenvalue weighted by Crippen LogP contribution is -2.18. The summed E-state index contributed by atoms with van der Waals surface area (Å²) >= 11 is 2.08. The van der Waals surface area contributed by atoms with Gasteiger partial charge in [0, 0.05) is 30.1 Å². The summed E-state index contributed by atoms with van der Waals surface area (Å²) in [5.74, 6) is 2.87. The van der Waals surface area contributed by atoms with Gasteiger partial charge in [0.25, 0.3) is 0 Å². The van der Waals surface area contributed by atoms with E-state index in [0.29, 0.717) is 12.0 Å². The van der Waals surface area contributed by atoms with Gasteiger partial charge in [-0.25, -0.2) is 4.98 Å². The molecule has 1 fully saturated rings. The van der Waals surface area contributed by atoms with E-state index in [2.05, 4.69) is 46.2 Å². The molecule has 1 aliphatic carbocycles. The lowest BCUT2D eigenvalue weighted by molar-refractivity contribution is 0.750. The number of rotatable bonds is 5. The summed E-state index contributed by atoms with van der Waals surface area (Å²) in [6.07, 6.45) is 5.68. The van der Waals surface area contributed by atoms with Crippen LogP contribution in [0, 0.1) is 6.92 Å². The molecule has 2 unspecified atom stereocenters. The molecule has 0 saturated heterocycles. The third-order valence-electron chi connectivity index (χ3n) is 3.32. The zero-order chi connectivity index (χ0) is 13.0. The van der Waals surface area contributed by atoms with Crippen LogP contribution < -0.4 is 10.6 Å². The van der Waals surface area contributed by atoms with Crippen molar-refractivity contribution in [3.05, 3.63) is 11.8 Å². The molecule has 0 bridgehead atoms. The number of hydrogen-bond acceptors (Lipinski definition) is 5. The number of thioether (sulfide) groups is 1. The van der Waals surface area contributed by atoms with E-state index in [-0.39, 0.29) is 0 Å². The maximum Gasteiger partial charge on any atom is 0.224 e. The third kappa shape index (κ3) is 3.28. The second kappa shape index (κ2) is 6.27. The topological polar surface area (TPSA) is 49.8 Å². The molecule has 1 heterocycles. The van der Waals surface area contributed by atoms with Gasteiger partial charge >= 0.3 is 0 Å². The van der Waals surface area contributed by atoms with Crippen LogP contribution in [-0.2, 0) is 0 Å². The molecule has 2 N–H and O–H groups in total. The van der Waals surface area contributed by atoms with Crippen molar-refractivity contribution in [1.29, 1.82) is 0 Å². The Morgan fingerprint density at radius 3 is 3.00 bits per heavy atom. The Balaban J connectivity index is 1.97. The number of hydrogen-bond donors (Lipinski definition) is 2. The summed E-state index contributed by atoms with van der Waals surface area (Å²) in [5, 5.41) is 7.37. The van der Waals surface area contributed by atoms with Crippen molar-refractivity contribution >= 4 is 23.5 Å². The molecule has 1 aliphatic rings. The van der Waals surface area contributed by atoms with Crippen molar-refractivity contribution < 1.29 is 0 Å². The standard InChI is InChI=1S/C13H22N4S/c1-4-18-11-6-5-10(7-11)16-12-9(2)8-15-13(14-3)17-12/h8,10-11H,4-7H2,1-3H3,(H2,14,15,16,17). The molecular weight excluding hydrogens is 244 g/mol. The monoisotopic (exact) mass is 266 g/mol. The molecule has 0 aliphatic heterocycles. The van der Waals surface area contributed by atoms with Gasteiger partial charge in [0.2, 0.25) is 5.95 Å². The van der Waals surface area contributed by atoms with Gasteiger partial charge < -0.3 is 10.6 Å². The van der Waals surface area contributed by atoms with E-state index in [4.69, 9.17) is 0 Å². The Bertz CT molecular complexity index is 397. The quantitative estimate of drug-likeness (QED) is 0.858. The number of nitrogens with zero attached hydrogens (tertiary/aromatic N) is 2. The van der Waals surface area contributed by atoms with Crippen LogP contribution in [0.15, 0.2) is 6.20 Å². The number of anilines is 2. The summed E-state index contributed by atoms with van der Waals surface area (Å²) in [6.45, 7) is 4.29. The minimum Gasteiger partial charge on any atom is -0.367 e. The van der Waals surface area contributed by atoms with Crippen LogP contribution in [0.2, 0.25) is 0 Å². The van der Waals surface area contributed by atoms with E-state index < -0.39 is 0 Å². The highest BCUT2D eigenvalue weighted by Crippen LogP contribution is 2.31. The smallest absolute Gasteiger partial charge is 0.224 e. The average molecular weight is 266 g/mol. The van der Waals surface area contributed by atoms with Gasteiger partial charge in [0.05, 0.1) is 0 Å². The normalized spacial score (nSPS) is 23.1. The van der Waals surface area contributed by atoms with Crippen LogP contribution in [0.5, 0.6) is 0 Å². The average Bonchev–Trinajstić information content (AvgIpc) is 2.80. The molecule has 1 aromatic heterocycles. The highest BCUT2D eigenvalue weighted by atomic mass is 32.2. The Morgan fingerprint density at radius 2 is 2.28 bits per heavy atom. The predicted molar refractivity (Wildman–Crippen MR) is 79.5 cm³/mol. The van der Waals surface area contributed by atoms with Crippen LogP contribution >= 0.6 is 11.8 Å². The minimum atomic E-state index is 0.562. The summed E-state index contributed by atoms with van der Waals surface area (Å²) < 4.78 is 0. The zero-order valence-corrected chi connectivity index (χ0v) is 12.2. The Labute approximate surface area is 113 Å². The largest absolute Gasteiger partial charge is 0.367 e. The maximum atomic E-state index is 4.49. The molecular formula is C13H22N4S. The molecule has 100 valence electrons. The number of aromatic nitrogens is 2. The SMILES string of the molecule is CCSC1CCC(Nc2nc(NC)ncc2C)C1. The Morgan fingerprint density at radius 1 is 1.44 bits per heavy atom. The van der Waals surface area contributed by atoms with Gasteiger partial charge in [-0.1, -0.05) is 6.92 Å². The van der Waals surface area contributed by atoms with E-state index in [9.17, 15) is 0 Å². The fourth-order valence-electron chi connectivity index (χ4n) is 2.36. The zero-order valence-electron chi connectivity index (χ0n) is 11.4. The van der Waals surface area contributed by atoms with Gasteiger partial charge in [-0.05, 0) is 31.9 Å². The molecule has 2 rings (SSSR count). The van der Waals surface area contributed by atoms with Gasteiger partial charge in [-0.3, -0.25) is 0 Å². The molecule has 5 heteroatoms. The molecule has 1 aromatic rings. The van der Waals surface area contributed by atoms with E-state index in [0.717, 1.165) is 16.6 Å². The van der Waals surface area contributed by atoms with E-state index >= 15 is 0 Å². The minimum absolute atomic E-state index is 0.562. The van der Waals surface area contributed by atoms with Gasteiger partial charge in [0.15, 0.2) is 0 Å². The second-order valence-corrected chi connectivity index (χ2v) is 6.28. The van der Waals surface area contributed by atoms with Crippen LogP contribution in [0.25, 0.3) is 0 Å². The first kappa shape index (κ1) is 13.5. The van der Waals surface area contributed by atoms with Crippen LogP contribution in [-0.4, -0.2) is 34.1 Å². The van der Waals surface area contributed by atoms with Gasteiger partial charge in [-0.2, -0.15) is 16.7 Å².